The Morgan fingerprint density at radius 1 is 1.25 bits per heavy atom. The number of nitrogens with zero attached hydrogens (tertiary/aromatic N) is 4. The Kier molecular flexibility index (Phi) is 3.25. The highest BCUT2D eigenvalue weighted by molar-refractivity contribution is 7.99. The van der Waals surface area contributed by atoms with Crippen LogP contribution in [0, 0.1) is 5.82 Å². The van der Waals surface area contributed by atoms with E-state index in [0.717, 1.165) is 18.0 Å². The van der Waals surface area contributed by atoms with Gasteiger partial charge in [0.2, 0.25) is 5.95 Å². The van der Waals surface area contributed by atoms with Crippen molar-refractivity contribution >= 4 is 17.7 Å². The summed E-state index contributed by atoms with van der Waals surface area (Å²) in [6, 6.07) is 0. The Bertz CT molecular complexity index is 479. The number of aromatic nitrogens is 4. The fraction of sp³-hybridized carbons (Fsp3) is 0.111. The van der Waals surface area contributed by atoms with Crippen LogP contribution in [0.25, 0.3) is 0 Å². The third kappa shape index (κ3) is 2.43. The van der Waals surface area contributed by atoms with E-state index in [1.54, 1.807) is 25.6 Å². The highest BCUT2D eigenvalue weighted by Gasteiger charge is 2.08. The van der Waals surface area contributed by atoms with Gasteiger partial charge < -0.3 is 5.32 Å². The van der Waals surface area contributed by atoms with Crippen LogP contribution in [0.1, 0.15) is 0 Å². The summed E-state index contributed by atoms with van der Waals surface area (Å²) in [6.45, 7) is 0. The lowest BCUT2D eigenvalue weighted by atomic mass is 10.6. The summed E-state index contributed by atoms with van der Waals surface area (Å²) in [7, 11) is 1.67. The Balaban J connectivity index is 2.27. The van der Waals surface area contributed by atoms with Crippen molar-refractivity contribution in [1.29, 1.82) is 0 Å². The molecule has 2 aromatic rings. The number of hydrogen-bond donors (Lipinski definition) is 1. The maximum Gasteiger partial charge on any atom is 0.223 e. The Morgan fingerprint density at radius 2 is 2.12 bits per heavy atom. The number of hydrogen-bond acceptors (Lipinski definition) is 6. The fourth-order valence-electron chi connectivity index (χ4n) is 0.981. The van der Waals surface area contributed by atoms with Crippen molar-refractivity contribution in [2.45, 2.75) is 10.1 Å². The molecule has 0 amide bonds. The fourth-order valence-corrected chi connectivity index (χ4v) is 1.69. The number of rotatable bonds is 3. The van der Waals surface area contributed by atoms with Gasteiger partial charge in [-0.25, -0.2) is 19.3 Å². The van der Waals surface area contributed by atoms with E-state index < -0.39 is 5.82 Å². The predicted octanol–water partition coefficient (Wildman–Crippen LogP) is 1.60. The molecule has 0 aromatic carbocycles. The van der Waals surface area contributed by atoms with Crippen LogP contribution in [0.3, 0.4) is 0 Å². The van der Waals surface area contributed by atoms with Crippen molar-refractivity contribution in [2.75, 3.05) is 12.4 Å². The molecule has 5 nitrogen and oxygen atoms in total. The quantitative estimate of drug-likeness (QED) is 0.818. The summed E-state index contributed by atoms with van der Waals surface area (Å²) >= 11 is 1.10. The topological polar surface area (TPSA) is 63.6 Å². The van der Waals surface area contributed by atoms with Gasteiger partial charge in [0.1, 0.15) is 10.1 Å². The van der Waals surface area contributed by atoms with E-state index in [2.05, 4.69) is 25.3 Å². The largest absolute Gasteiger partial charge is 0.357 e. The molecule has 2 aromatic heterocycles. The van der Waals surface area contributed by atoms with E-state index in [4.69, 9.17) is 0 Å². The second-order valence-electron chi connectivity index (χ2n) is 2.74. The first-order chi connectivity index (χ1) is 7.79. The summed E-state index contributed by atoms with van der Waals surface area (Å²) in [6.07, 6.45) is 5.77. The summed E-state index contributed by atoms with van der Waals surface area (Å²) < 4.78 is 13.4. The zero-order valence-electron chi connectivity index (χ0n) is 8.38. The molecule has 0 radical (unpaired) electrons. The van der Waals surface area contributed by atoms with Crippen LogP contribution in [0.4, 0.5) is 10.3 Å². The van der Waals surface area contributed by atoms with E-state index in [1.807, 2.05) is 0 Å². The van der Waals surface area contributed by atoms with Crippen LogP contribution in [0.2, 0.25) is 0 Å². The smallest absolute Gasteiger partial charge is 0.223 e. The molecular weight excluding hydrogens is 229 g/mol. The molecule has 2 rings (SSSR count). The third-order valence-electron chi connectivity index (χ3n) is 1.68. The zero-order chi connectivity index (χ0) is 11.4. The minimum Gasteiger partial charge on any atom is -0.357 e. The van der Waals surface area contributed by atoms with E-state index in [9.17, 15) is 4.39 Å². The molecule has 1 N–H and O–H groups in total. The first-order valence-corrected chi connectivity index (χ1v) is 5.25. The molecular formula is C9H8FN5S. The molecule has 0 aliphatic rings. The summed E-state index contributed by atoms with van der Waals surface area (Å²) in [4.78, 5) is 15.6. The second-order valence-corrected chi connectivity index (χ2v) is 3.75. The van der Waals surface area contributed by atoms with E-state index in [-0.39, 0.29) is 5.03 Å². The third-order valence-corrected chi connectivity index (χ3v) is 2.58. The van der Waals surface area contributed by atoms with Gasteiger partial charge in [-0.05, 0) is 11.8 Å². The molecule has 0 aliphatic heterocycles. The first kappa shape index (κ1) is 10.7. The minimum absolute atomic E-state index is 0.222. The molecule has 0 bridgehead atoms. The van der Waals surface area contributed by atoms with Gasteiger partial charge in [0.05, 0.1) is 12.4 Å². The van der Waals surface area contributed by atoms with Crippen molar-refractivity contribution in [3.8, 4) is 0 Å². The first-order valence-electron chi connectivity index (χ1n) is 4.44. The number of anilines is 1. The normalized spacial score (nSPS) is 10.1. The van der Waals surface area contributed by atoms with Crippen molar-refractivity contribution in [3.63, 3.8) is 0 Å². The molecule has 82 valence electrons. The average Bonchev–Trinajstić information content (AvgIpc) is 2.33. The maximum absolute atomic E-state index is 13.4. The van der Waals surface area contributed by atoms with Crippen molar-refractivity contribution in [2.24, 2.45) is 0 Å². The van der Waals surface area contributed by atoms with E-state index in [0.29, 0.717) is 11.0 Å². The Morgan fingerprint density at radius 3 is 2.81 bits per heavy atom. The SMILES string of the molecule is CNc1ncc(F)c(Sc2cnccn2)n1. The molecule has 0 spiro atoms. The molecule has 0 unspecified atom stereocenters. The van der Waals surface area contributed by atoms with Gasteiger partial charge in [0, 0.05) is 19.4 Å². The van der Waals surface area contributed by atoms with Crippen LogP contribution in [0.15, 0.2) is 34.8 Å². The monoisotopic (exact) mass is 237 g/mol. The van der Waals surface area contributed by atoms with Crippen molar-refractivity contribution in [1.82, 2.24) is 19.9 Å². The Hall–Kier alpha value is -1.76. The standard InChI is InChI=1S/C9H8FN5S/c1-11-9-14-4-6(10)8(15-9)16-7-5-12-2-3-13-7/h2-5H,1H3,(H,11,14,15). The maximum atomic E-state index is 13.4. The number of halogens is 1. The van der Waals surface area contributed by atoms with Crippen LogP contribution in [-0.4, -0.2) is 27.0 Å². The van der Waals surface area contributed by atoms with Crippen LogP contribution >= 0.6 is 11.8 Å². The van der Waals surface area contributed by atoms with Gasteiger partial charge in [-0.3, -0.25) is 4.98 Å². The zero-order valence-corrected chi connectivity index (χ0v) is 9.20. The van der Waals surface area contributed by atoms with E-state index >= 15 is 0 Å². The van der Waals surface area contributed by atoms with Gasteiger partial charge in [-0.15, -0.1) is 0 Å². The average molecular weight is 237 g/mol. The van der Waals surface area contributed by atoms with Gasteiger partial charge in [0.15, 0.2) is 5.82 Å². The molecule has 7 heteroatoms. The minimum atomic E-state index is -0.477. The molecule has 16 heavy (non-hydrogen) atoms. The molecule has 0 saturated heterocycles. The summed E-state index contributed by atoms with van der Waals surface area (Å²) in [5.41, 5.74) is 0. The highest BCUT2D eigenvalue weighted by Crippen LogP contribution is 2.25. The lowest BCUT2D eigenvalue weighted by molar-refractivity contribution is 0.580. The van der Waals surface area contributed by atoms with Crippen LogP contribution in [0.5, 0.6) is 0 Å². The van der Waals surface area contributed by atoms with Gasteiger partial charge in [-0.1, -0.05) is 0 Å². The van der Waals surface area contributed by atoms with Crippen molar-refractivity contribution in [3.05, 3.63) is 30.6 Å². The Labute approximate surface area is 95.6 Å². The van der Waals surface area contributed by atoms with Gasteiger partial charge in [0.25, 0.3) is 0 Å². The lowest BCUT2D eigenvalue weighted by Crippen LogP contribution is -1.99. The van der Waals surface area contributed by atoms with Gasteiger partial charge in [-0.2, -0.15) is 0 Å². The lowest BCUT2D eigenvalue weighted by Gasteiger charge is -2.03. The molecule has 0 atom stereocenters. The summed E-state index contributed by atoms with van der Waals surface area (Å²) in [5, 5.41) is 3.55. The molecule has 0 saturated carbocycles. The van der Waals surface area contributed by atoms with Crippen LogP contribution in [-0.2, 0) is 0 Å². The second kappa shape index (κ2) is 4.84. The van der Waals surface area contributed by atoms with Crippen molar-refractivity contribution < 1.29 is 4.39 Å². The summed E-state index contributed by atoms with van der Waals surface area (Å²) in [5.74, 6) is -0.109. The van der Waals surface area contributed by atoms with E-state index in [1.165, 1.54) is 0 Å². The predicted molar refractivity (Wildman–Crippen MR) is 57.7 cm³/mol. The van der Waals surface area contributed by atoms with Crippen LogP contribution < -0.4 is 5.32 Å². The molecule has 0 fully saturated rings. The number of nitrogens with one attached hydrogen (secondary N) is 1. The molecule has 0 aliphatic carbocycles. The molecule has 2 heterocycles. The van der Waals surface area contributed by atoms with Gasteiger partial charge >= 0.3 is 0 Å². The highest BCUT2D eigenvalue weighted by atomic mass is 32.2.